The molecule has 0 bridgehead atoms. The fourth-order valence-electron chi connectivity index (χ4n) is 2.48. The van der Waals surface area contributed by atoms with Crippen LogP contribution in [0.4, 0.5) is 5.13 Å². The van der Waals surface area contributed by atoms with Crippen LogP contribution in [0.2, 0.25) is 0 Å². The van der Waals surface area contributed by atoms with Crippen molar-refractivity contribution in [3.63, 3.8) is 0 Å². The van der Waals surface area contributed by atoms with Gasteiger partial charge in [-0.2, -0.15) is 0 Å². The first-order valence-corrected chi connectivity index (χ1v) is 8.02. The van der Waals surface area contributed by atoms with E-state index in [-0.39, 0.29) is 0 Å². The maximum atomic E-state index is 5.28. The Bertz CT molecular complexity index is 394. The number of thiazole rings is 1. The Morgan fingerprint density at radius 2 is 2.37 bits per heavy atom. The van der Waals surface area contributed by atoms with E-state index in [0.29, 0.717) is 12.6 Å². The molecule has 108 valence electrons. The van der Waals surface area contributed by atoms with Gasteiger partial charge >= 0.3 is 0 Å². The van der Waals surface area contributed by atoms with E-state index < -0.39 is 0 Å². The van der Waals surface area contributed by atoms with Gasteiger partial charge in [-0.05, 0) is 32.7 Å². The molecule has 2 heterocycles. The molecule has 0 aromatic carbocycles. The molecule has 1 saturated heterocycles. The van der Waals surface area contributed by atoms with Crippen LogP contribution in [0, 0.1) is 0 Å². The van der Waals surface area contributed by atoms with Gasteiger partial charge in [0.15, 0.2) is 5.13 Å². The van der Waals surface area contributed by atoms with Gasteiger partial charge in [0.05, 0.1) is 12.3 Å². The molecule has 0 radical (unpaired) electrons. The lowest BCUT2D eigenvalue weighted by Crippen LogP contribution is -2.25. The lowest BCUT2D eigenvalue weighted by molar-refractivity contribution is 0.181. The second-order valence-corrected chi connectivity index (χ2v) is 6.22. The largest absolute Gasteiger partial charge is 0.378 e. The van der Waals surface area contributed by atoms with E-state index in [1.165, 1.54) is 22.9 Å². The Hall–Kier alpha value is -0.650. The third kappa shape index (κ3) is 3.68. The van der Waals surface area contributed by atoms with Gasteiger partial charge in [-0.1, -0.05) is 6.92 Å². The molecule has 1 fully saturated rings. The van der Waals surface area contributed by atoms with Crippen LogP contribution in [-0.4, -0.2) is 31.2 Å². The minimum absolute atomic E-state index is 0.613. The molecule has 5 heteroatoms. The first kappa shape index (κ1) is 14.8. The summed E-state index contributed by atoms with van der Waals surface area (Å²) in [6.07, 6.45) is 3.72. The normalized spacial score (nSPS) is 19.3. The summed E-state index contributed by atoms with van der Waals surface area (Å²) in [4.78, 5) is 8.55. The average Bonchev–Trinajstić information content (AvgIpc) is 2.97. The van der Waals surface area contributed by atoms with E-state index in [9.17, 15) is 0 Å². The predicted octanol–water partition coefficient (Wildman–Crippen LogP) is 2.78. The molecule has 0 saturated carbocycles. The summed E-state index contributed by atoms with van der Waals surface area (Å²) >= 11 is 1.82. The molecule has 1 atom stereocenters. The fourth-order valence-corrected chi connectivity index (χ4v) is 3.64. The quantitative estimate of drug-likeness (QED) is 0.781. The lowest BCUT2D eigenvalue weighted by atomic mass is 10.2. The van der Waals surface area contributed by atoms with Crippen molar-refractivity contribution in [3.05, 3.63) is 10.6 Å². The average molecular weight is 283 g/mol. The van der Waals surface area contributed by atoms with E-state index in [1.807, 2.05) is 11.3 Å². The Balaban J connectivity index is 2.09. The van der Waals surface area contributed by atoms with E-state index >= 15 is 0 Å². The molecule has 0 amide bonds. The SMILES string of the molecule is CCCNCc1sc(N2CCCC2C)nc1COC. The molecule has 1 N–H and O–H groups in total. The Labute approximate surface area is 120 Å². The highest BCUT2D eigenvalue weighted by Crippen LogP contribution is 2.32. The van der Waals surface area contributed by atoms with Crippen molar-refractivity contribution >= 4 is 16.5 Å². The van der Waals surface area contributed by atoms with Gasteiger partial charge in [-0.15, -0.1) is 11.3 Å². The van der Waals surface area contributed by atoms with Crippen LogP contribution in [0.3, 0.4) is 0 Å². The molecular formula is C14H25N3OS. The Kier molecular flexibility index (Phi) is 5.60. The third-order valence-electron chi connectivity index (χ3n) is 3.56. The van der Waals surface area contributed by atoms with Crippen LogP contribution >= 0.6 is 11.3 Å². The molecule has 0 aliphatic carbocycles. The minimum Gasteiger partial charge on any atom is -0.378 e. The second kappa shape index (κ2) is 7.22. The van der Waals surface area contributed by atoms with E-state index in [0.717, 1.165) is 31.7 Å². The first-order valence-electron chi connectivity index (χ1n) is 7.21. The molecule has 0 spiro atoms. The van der Waals surface area contributed by atoms with Crippen molar-refractivity contribution in [1.29, 1.82) is 0 Å². The van der Waals surface area contributed by atoms with Gasteiger partial charge in [0.1, 0.15) is 0 Å². The van der Waals surface area contributed by atoms with Gasteiger partial charge in [-0.3, -0.25) is 0 Å². The van der Waals surface area contributed by atoms with Gasteiger partial charge in [-0.25, -0.2) is 4.98 Å². The molecule has 1 unspecified atom stereocenters. The molecule has 4 nitrogen and oxygen atoms in total. The molecule has 2 rings (SSSR count). The number of methoxy groups -OCH3 is 1. The van der Waals surface area contributed by atoms with Crippen LogP contribution in [0.1, 0.15) is 43.7 Å². The summed E-state index contributed by atoms with van der Waals surface area (Å²) in [5.74, 6) is 0. The van der Waals surface area contributed by atoms with Gasteiger partial charge in [0.25, 0.3) is 0 Å². The fraction of sp³-hybridized carbons (Fsp3) is 0.786. The van der Waals surface area contributed by atoms with E-state index in [2.05, 4.69) is 24.1 Å². The summed E-state index contributed by atoms with van der Waals surface area (Å²) in [6, 6.07) is 0.623. The number of aromatic nitrogens is 1. The van der Waals surface area contributed by atoms with Crippen molar-refractivity contribution in [2.24, 2.45) is 0 Å². The molecule has 1 aliphatic rings. The highest BCUT2D eigenvalue weighted by molar-refractivity contribution is 7.15. The zero-order chi connectivity index (χ0) is 13.7. The lowest BCUT2D eigenvalue weighted by Gasteiger charge is -2.19. The number of nitrogens with one attached hydrogen (secondary N) is 1. The first-order chi connectivity index (χ1) is 9.26. The number of hydrogen-bond donors (Lipinski definition) is 1. The Morgan fingerprint density at radius 3 is 3.00 bits per heavy atom. The molecule has 1 aromatic heterocycles. The summed E-state index contributed by atoms with van der Waals surface area (Å²) in [7, 11) is 1.74. The summed E-state index contributed by atoms with van der Waals surface area (Å²) in [6.45, 7) is 8.20. The summed E-state index contributed by atoms with van der Waals surface area (Å²) in [5, 5.41) is 4.63. The minimum atomic E-state index is 0.613. The van der Waals surface area contributed by atoms with Crippen LogP contribution < -0.4 is 10.2 Å². The van der Waals surface area contributed by atoms with Crippen molar-refractivity contribution < 1.29 is 4.74 Å². The Morgan fingerprint density at radius 1 is 1.53 bits per heavy atom. The van der Waals surface area contributed by atoms with Crippen LogP contribution in [0.15, 0.2) is 0 Å². The number of hydrogen-bond acceptors (Lipinski definition) is 5. The van der Waals surface area contributed by atoms with Crippen molar-refractivity contribution in [2.45, 2.75) is 52.3 Å². The molecule has 19 heavy (non-hydrogen) atoms. The van der Waals surface area contributed by atoms with Gasteiger partial charge in [0.2, 0.25) is 0 Å². The van der Waals surface area contributed by atoms with Crippen LogP contribution in [-0.2, 0) is 17.9 Å². The van der Waals surface area contributed by atoms with Crippen LogP contribution in [0.25, 0.3) is 0 Å². The second-order valence-electron chi connectivity index (χ2n) is 5.16. The zero-order valence-corrected chi connectivity index (χ0v) is 13.1. The third-order valence-corrected chi connectivity index (χ3v) is 4.69. The highest BCUT2D eigenvalue weighted by atomic mass is 32.1. The van der Waals surface area contributed by atoms with Crippen molar-refractivity contribution in [1.82, 2.24) is 10.3 Å². The smallest absolute Gasteiger partial charge is 0.186 e. The van der Waals surface area contributed by atoms with Crippen molar-refractivity contribution in [3.8, 4) is 0 Å². The number of nitrogens with zero attached hydrogens (tertiary/aromatic N) is 2. The van der Waals surface area contributed by atoms with E-state index in [4.69, 9.17) is 9.72 Å². The monoisotopic (exact) mass is 283 g/mol. The summed E-state index contributed by atoms with van der Waals surface area (Å²) in [5.41, 5.74) is 1.10. The van der Waals surface area contributed by atoms with Crippen LogP contribution in [0.5, 0.6) is 0 Å². The van der Waals surface area contributed by atoms with E-state index in [1.54, 1.807) is 7.11 Å². The highest BCUT2D eigenvalue weighted by Gasteiger charge is 2.24. The predicted molar refractivity (Wildman–Crippen MR) is 80.9 cm³/mol. The molecule has 1 aliphatic heterocycles. The molecular weight excluding hydrogens is 258 g/mol. The topological polar surface area (TPSA) is 37.4 Å². The summed E-state index contributed by atoms with van der Waals surface area (Å²) < 4.78 is 5.28. The van der Waals surface area contributed by atoms with Gasteiger partial charge < -0.3 is 15.0 Å². The number of anilines is 1. The maximum absolute atomic E-state index is 5.28. The number of rotatable bonds is 7. The van der Waals surface area contributed by atoms with Crippen molar-refractivity contribution in [2.75, 3.05) is 25.1 Å². The maximum Gasteiger partial charge on any atom is 0.186 e. The zero-order valence-electron chi connectivity index (χ0n) is 12.2. The van der Waals surface area contributed by atoms with Gasteiger partial charge in [0, 0.05) is 31.1 Å². The standard InChI is InChI=1S/C14H25N3OS/c1-4-7-15-9-13-12(10-18-3)16-14(19-13)17-8-5-6-11(17)2/h11,15H,4-10H2,1-3H3. The molecule has 1 aromatic rings. The number of ether oxygens (including phenoxy) is 1.